The van der Waals surface area contributed by atoms with Crippen molar-refractivity contribution in [2.75, 3.05) is 7.11 Å². The molecule has 1 aromatic carbocycles. The molecule has 2 aliphatic rings. The van der Waals surface area contributed by atoms with Crippen LogP contribution in [0.1, 0.15) is 57.1 Å². The minimum atomic E-state index is -0.0498. The van der Waals surface area contributed by atoms with Crippen LogP contribution in [0.2, 0.25) is 0 Å². The summed E-state index contributed by atoms with van der Waals surface area (Å²) in [5.41, 5.74) is 7.51. The van der Waals surface area contributed by atoms with Gasteiger partial charge in [-0.3, -0.25) is 0 Å². The smallest absolute Gasteiger partial charge is 0.128 e. The highest BCUT2D eigenvalue weighted by Gasteiger charge is 2.46. The van der Waals surface area contributed by atoms with Crippen molar-refractivity contribution >= 4 is 0 Å². The van der Waals surface area contributed by atoms with E-state index < -0.39 is 0 Å². The second-order valence-corrected chi connectivity index (χ2v) is 6.23. The summed E-state index contributed by atoms with van der Waals surface area (Å²) in [7, 11) is 1.69. The molecule has 0 radical (unpaired) electrons. The van der Waals surface area contributed by atoms with Crippen LogP contribution in [0.25, 0.3) is 0 Å². The van der Waals surface area contributed by atoms with E-state index in [2.05, 4.69) is 13.0 Å². The van der Waals surface area contributed by atoms with Crippen molar-refractivity contribution in [1.82, 2.24) is 0 Å². The van der Waals surface area contributed by atoms with Gasteiger partial charge in [-0.15, -0.1) is 0 Å². The van der Waals surface area contributed by atoms with Crippen LogP contribution in [0.3, 0.4) is 0 Å². The molecule has 1 spiro atoms. The summed E-state index contributed by atoms with van der Waals surface area (Å²) in [5.74, 6) is 2.40. The fourth-order valence-corrected chi connectivity index (χ4v) is 4.04. The number of nitrogens with two attached hydrogens (primary N) is 1. The average Bonchev–Trinajstić information content (AvgIpc) is 2.47. The van der Waals surface area contributed by atoms with Gasteiger partial charge in [0.25, 0.3) is 0 Å². The molecule has 1 aliphatic heterocycles. The van der Waals surface area contributed by atoms with Crippen LogP contribution < -0.4 is 15.2 Å². The molecule has 20 heavy (non-hydrogen) atoms. The molecule has 3 heteroatoms. The van der Waals surface area contributed by atoms with Gasteiger partial charge in [-0.25, -0.2) is 0 Å². The van der Waals surface area contributed by atoms with E-state index in [0.717, 1.165) is 29.9 Å². The molecular weight excluding hydrogens is 250 g/mol. The van der Waals surface area contributed by atoms with Gasteiger partial charge < -0.3 is 15.2 Å². The standard InChI is InChI=1S/C17H25NO2/c1-3-12-6-4-5-9-17(12)11-15(18)14-8-7-13(19-2)10-16(14)20-17/h7-8,10,12,15H,3-6,9,11,18H2,1-2H3/t12?,15-,17?/m1/s1. The lowest BCUT2D eigenvalue weighted by Crippen LogP contribution is -2.50. The number of fused-ring (bicyclic) bond motifs is 1. The van der Waals surface area contributed by atoms with Crippen molar-refractivity contribution < 1.29 is 9.47 Å². The molecule has 0 amide bonds. The van der Waals surface area contributed by atoms with Crippen LogP contribution in [0.5, 0.6) is 11.5 Å². The van der Waals surface area contributed by atoms with E-state index in [1.165, 1.54) is 25.7 Å². The minimum Gasteiger partial charge on any atom is -0.497 e. The number of ether oxygens (including phenoxy) is 2. The lowest BCUT2D eigenvalue weighted by atomic mass is 9.69. The normalized spacial score (nSPS) is 32.5. The van der Waals surface area contributed by atoms with Gasteiger partial charge in [0.1, 0.15) is 17.1 Å². The van der Waals surface area contributed by atoms with E-state index >= 15 is 0 Å². The summed E-state index contributed by atoms with van der Waals surface area (Å²) in [6.45, 7) is 2.27. The molecule has 2 N–H and O–H groups in total. The maximum absolute atomic E-state index is 6.52. The molecule has 110 valence electrons. The first-order valence-electron chi connectivity index (χ1n) is 7.81. The van der Waals surface area contributed by atoms with Gasteiger partial charge in [-0.05, 0) is 37.7 Å². The summed E-state index contributed by atoms with van der Waals surface area (Å²) in [4.78, 5) is 0. The Labute approximate surface area is 121 Å². The Hall–Kier alpha value is -1.22. The minimum absolute atomic E-state index is 0.0498. The van der Waals surface area contributed by atoms with E-state index in [1.807, 2.05) is 12.1 Å². The Kier molecular flexibility index (Phi) is 3.63. The molecule has 1 fully saturated rings. The van der Waals surface area contributed by atoms with Crippen LogP contribution >= 0.6 is 0 Å². The quantitative estimate of drug-likeness (QED) is 0.892. The molecular formula is C17H25NO2. The molecule has 0 saturated heterocycles. The fourth-order valence-electron chi connectivity index (χ4n) is 4.04. The molecule has 0 bridgehead atoms. The van der Waals surface area contributed by atoms with Crippen LogP contribution in [0, 0.1) is 5.92 Å². The Morgan fingerprint density at radius 1 is 1.40 bits per heavy atom. The summed E-state index contributed by atoms with van der Waals surface area (Å²) >= 11 is 0. The molecule has 3 atom stereocenters. The first-order valence-corrected chi connectivity index (χ1v) is 7.81. The van der Waals surface area contributed by atoms with Crippen molar-refractivity contribution in [3.05, 3.63) is 23.8 Å². The second-order valence-electron chi connectivity index (χ2n) is 6.23. The van der Waals surface area contributed by atoms with Crippen LogP contribution in [-0.2, 0) is 0 Å². The second kappa shape index (κ2) is 5.28. The number of hydrogen-bond donors (Lipinski definition) is 1. The summed E-state index contributed by atoms with van der Waals surface area (Å²) in [6, 6.07) is 6.10. The van der Waals surface area contributed by atoms with Gasteiger partial charge in [0.15, 0.2) is 0 Å². The zero-order valence-electron chi connectivity index (χ0n) is 12.5. The van der Waals surface area contributed by atoms with Gasteiger partial charge in [-0.2, -0.15) is 0 Å². The zero-order valence-corrected chi connectivity index (χ0v) is 12.5. The van der Waals surface area contributed by atoms with Gasteiger partial charge in [-0.1, -0.05) is 19.4 Å². The van der Waals surface area contributed by atoms with E-state index in [1.54, 1.807) is 7.11 Å². The molecule has 1 aromatic rings. The first-order chi connectivity index (χ1) is 9.68. The topological polar surface area (TPSA) is 44.5 Å². The molecule has 2 unspecified atom stereocenters. The Bertz CT molecular complexity index is 488. The van der Waals surface area contributed by atoms with Crippen molar-refractivity contribution in [3.63, 3.8) is 0 Å². The molecule has 1 saturated carbocycles. The van der Waals surface area contributed by atoms with Gasteiger partial charge in [0.05, 0.1) is 7.11 Å². The highest BCUT2D eigenvalue weighted by atomic mass is 16.5. The maximum atomic E-state index is 6.52. The largest absolute Gasteiger partial charge is 0.497 e. The van der Waals surface area contributed by atoms with Crippen LogP contribution in [0.4, 0.5) is 0 Å². The van der Waals surface area contributed by atoms with E-state index in [9.17, 15) is 0 Å². The lowest BCUT2D eigenvalue weighted by Gasteiger charge is -2.48. The third-order valence-corrected chi connectivity index (χ3v) is 5.14. The van der Waals surface area contributed by atoms with Crippen molar-refractivity contribution in [2.24, 2.45) is 11.7 Å². The number of rotatable bonds is 2. The Morgan fingerprint density at radius 2 is 2.25 bits per heavy atom. The van der Waals surface area contributed by atoms with Gasteiger partial charge in [0, 0.05) is 24.1 Å². The highest BCUT2D eigenvalue weighted by molar-refractivity contribution is 5.44. The summed E-state index contributed by atoms with van der Waals surface area (Å²) in [6.07, 6.45) is 7.10. The SMILES string of the molecule is CCC1CCCCC12C[C@@H](N)c1ccc(OC)cc1O2. The van der Waals surface area contributed by atoms with Crippen LogP contribution in [-0.4, -0.2) is 12.7 Å². The molecule has 3 nitrogen and oxygen atoms in total. The number of methoxy groups -OCH3 is 1. The number of hydrogen-bond acceptors (Lipinski definition) is 3. The predicted molar refractivity (Wildman–Crippen MR) is 80.1 cm³/mol. The van der Waals surface area contributed by atoms with Crippen molar-refractivity contribution in [3.8, 4) is 11.5 Å². The average molecular weight is 275 g/mol. The maximum Gasteiger partial charge on any atom is 0.128 e. The Morgan fingerprint density at radius 3 is 3.00 bits per heavy atom. The van der Waals surface area contributed by atoms with E-state index in [-0.39, 0.29) is 11.6 Å². The van der Waals surface area contributed by atoms with Crippen molar-refractivity contribution in [2.45, 2.75) is 57.1 Å². The number of benzene rings is 1. The molecule has 1 aliphatic carbocycles. The summed E-state index contributed by atoms with van der Waals surface area (Å²) < 4.78 is 11.8. The molecule has 1 heterocycles. The van der Waals surface area contributed by atoms with E-state index in [0.29, 0.717) is 5.92 Å². The lowest BCUT2D eigenvalue weighted by molar-refractivity contribution is -0.0490. The zero-order chi connectivity index (χ0) is 14.2. The highest BCUT2D eigenvalue weighted by Crippen LogP contribution is 2.49. The fraction of sp³-hybridized carbons (Fsp3) is 0.647. The summed E-state index contributed by atoms with van der Waals surface area (Å²) in [5, 5.41) is 0. The molecule has 0 aromatic heterocycles. The third-order valence-electron chi connectivity index (χ3n) is 5.14. The molecule has 3 rings (SSSR count). The van der Waals surface area contributed by atoms with Crippen LogP contribution in [0.15, 0.2) is 18.2 Å². The predicted octanol–water partition coefficient (Wildman–Crippen LogP) is 3.82. The van der Waals surface area contributed by atoms with Gasteiger partial charge in [0.2, 0.25) is 0 Å². The third kappa shape index (κ3) is 2.18. The first kappa shape index (κ1) is 13.7. The van der Waals surface area contributed by atoms with E-state index in [4.69, 9.17) is 15.2 Å². The monoisotopic (exact) mass is 275 g/mol. The Balaban J connectivity index is 1.97. The van der Waals surface area contributed by atoms with Crippen molar-refractivity contribution in [1.29, 1.82) is 0 Å². The van der Waals surface area contributed by atoms with Gasteiger partial charge >= 0.3 is 0 Å².